The molecule has 0 radical (unpaired) electrons. The van der Waals surface area contributed by atoms with Gasteiger partial charge in [0.25, 0.3) is 0 Å². The lowest BCUT2D eigenvalue weighted by atomic mass is 10.0. The van der Waals surface area contributed by atoms with E-state index in [0.29, 0.717) is 24.3 Å². The largest absolute Gasteiger partial charge is 0.388 e. The van der Waals surface area contributed by atoms with E-state index in [9.17, 15) is 0 Å². The molecule has 0 bridgehead atoms. The Morgan fingerprint density at radius 3 is 2.20 bits per heavy atom. The molecule has 3 nitrogen and oxygen atoms in total. The molecule has 0 aromatic heterocycles. The molecule has 0 rings (SSSR count). The molecule has 0 spiro atoms. The molecule has 3 heteroatoms. The van der Waals surface area contributed by atoms with Gasteiger partial charge >= 0.3 is 0 Å². The Bertz CT molecular complexity index is 189. The van der Waals surface area contributed by atoms with Crippen LogP contribution in [0.2, 0.25) is 0 Å². The highest BCUT2D eigenvalue weighted by molar-refractivity contribution is 5.77. The first kappa shape index (κ1) is 14.4. The van der Waals surface area contributed by atoms with Crippen molar-refractivity contribution in [1.82, 2.24) is 4.90 Å². The minimum Gasteiger partial charge on any atom is -0.388 e. The summed E-state index contributed by atoms with van der Waals surface area (Å²) >= 11 is 0. The average molecular weight is 213 g/mol. The van der Waals surface area contributed by atoms with Crippen molar-refractivity contribution in [3.8, 4) is 0 Å². The summed E-state index contributed by atoms with van der Waals surface area (Å²) in [5.41, 5.74) is 5.46. The second kappa shape index (κ2) is 6.83. The van der Waals surface area contributed by atoms with Gasteiger partial charge in [0.1, 0.15) is 0 Å². The van der Waals surface area contributed by atoms with E-state index in [-0.39, 0.29) is 0 Å². The van der Waals surface area contributed by atoms with Crippen molar-refractivity contribution in [3.05, 3.63) is 0 Å². The zero-order valence-corrected chi connectivity index (χ0v) is 10.9. The van der Waals surface area contributed by atoms with Crippen molar-refractivity contribution in [2.75, 3.05) is 7.05 Å². The van der Waals surface area contributed by atoms with Crippen molar-refractivity contribution in [3.63, 3.8) is 0 Å². The first-order valence-corrected chi connectivity index (χ1v) is 5.93. The van der Waals surface area contributed by atoms with E-state index in [1.165, 1.54) is 6.42 Å². The quantitative estimate of drug-likeness (QED) is 0.504. The van der Waals surface area contributed by atoms with Crippen LogP contribution in [0.15, 0.2) is 0 Å². The SMILES string of the molecule is CCC(CC(=N)N)N(C)C(C)CC(C)C. The number of amidine groups is 1. The highest BCUT2D eigenvalue weighted by Gasteiger charge is 2.19. The predicted molar refractivity (Wildman–Crippen MR) is 67.3 cm³/mol. The summed E-state index contributed by atoms with van der Waals surface area (Å²) in [5.74, 6) is 1.02. The summed E-state index contributed by atoms with van der Waals surface area (Å²) in [7, 11) is 2.14. The van der Waals surface area contributed by atoms with Crippen LogP contribution in [0.3, 0.4) is 0 Å². The Kier molecular flexibility index (Phi) is 6.57. The number of nitrogens with zero attached hydrogens (tertiary/aromatic N) is 1. The topological polar surface area (TPSA) is 53.1 Å². The van der Waals surface area contributed by atoms with E-state index in [1.54, 1.807) is 0 Å². The van der Waals surface area contributed by atoms with Gasteiger partial charge in [-0.3, -0.25) is 5.41 Å². The van der Waals surface area contributed by atoms with Crippen LogP contribution in [0, 0.1) is 11.3 Å². The maximum atomic E-state index is 7.36. The van der Waals surface area contributed by atoms with Gasteiger partial charge in [-0.2, -0.15) is 0 Å². The van der Waals surface area contributed by atoms with Crippen LogP contribution in [0.1, 0.15) is 47.0 Å². The molecule has 0 aromatic rings. The number of hydrogen-bond donors (Lipinski definition) is 2. The highest BCUT2D eigenvalue weighted by atomic mass is 15.2. The van der Waals surface area contributed by atoms with Crippen LogP contribution < -0.4 is 5.73 Å². The van der Waals surface area contributed by atoms with Gasteiger partial charge in [0.15, 0.2) is 0 Å². The van der Waals surface area contributed by atoms with Gasteiger partial charge in [-0.25, -0.2) is 0 Å². The standard InChI is InChI=1S/C12H27N3/c1-6-11(8-12(13)14)15(5)10(4)7-9(2)3/h9-11H,6-8H2,1-5H3,(H3,13,14). The van der Waals surface area contributed by atoms with Gasteiger partial charge in [-0.15, -0.1) is 0 Å². The Hall–Kier alpha value is -0.570. The van der Waals surface area contributed by atoms with Gasteiger partial charge in [0, 0.05) is 18.5 Å². The molecule has 0 aromatic carbocycles. The maximum Gasteiger partial charge on any atom is 0.0921 e. The number of rotatable bonds is 7. The molecular formula is C12H27N3. The van der Waals surface area contributed by atoms with Crippen molar-refractivity contribution in [2.24, 2.45) is 11.7 Å². The molecule has 3 N–H and O–H groups in total. The average Bonchev–Trinajstić information content (AvgIpc) is 2.11. The van der Waals surface area contributed by atoms with Crippen LogP contribution in [0.4, 0.5) is 0 Å². The molecule has 90 valence electrons. The first-order chi connectivity index (χ1) is 6.88. The fourth-order valence-electron chi connectivity index (χ4n) is 2.04. The Morgan fingerprint density at radius 2 is 1.87 bits per heavy atom. The van der Waals surface area contributed by atoms with Crippen LogP contribution in [-0.4, -0.2) is 29.9 Å². The molecule has 0 amide bonds. The van der Waals surface area contributed by atoms with Gasteiger partial charge in [0.05, 0.1) is 5.84 Å². The lowest BCUT2D eigenvalue weighted by Crippen LogP contribution is -2.41. The molecule has 0 aliphatic heterocycles. The first-order valence-electron chi connectivity index (χ1n) is 5.93. The van der Waals surface area contributed by atoms with E-state index >= 15 is 0 Å². The van der Waals surface area contributed by atoms with Crippen molar-refractivity contribution < 1.29 is 0 Å². The summed E-state index contributed by atoms with van der Waals surface area (Å²) in [6.45, 7) is 8.90. The third kappa shape index (κ3) is 5.78. The van der Waals surface area contributed by atoms with Crippen LogP contribution >= 0.6 is 0 Å². The molecule has 2 atom stereocenters. The second-order valence-electron chi connectivity index (χ2n) is 4.94. The Morgan fingerprint density at radius 1 is 1.33 bits per heavy atom. The molecular weight excluding hydrogens is 186 g/mol. The van der Waals surface area contributed by atoms with Gasteiger partial charge < -0.3 is 10.6 Å². The molecule has 2 unspecified atom stereocenters. The number of nitrogens with one attached hydrogen (secondary N) is 1. The zero-order chi connectivity index (χ0) is 12.0. The fraction of sp³-hybridized carbons (Fsp3) is 0.917. The van der Waals surface area contributed by atoms with E-state index in [2.05, 4.69) is 39.6 Å². The molecule has 15 heavy (non-hydrogen) atoms. The summed E-state index contributed by atoms with van der Waals surface area (Å²) < 4.78 is 0. The van der Waals surface area contributed by atoms with E-state index in [4.69, 9.17) is 11.1 Å². The lowest BCUT2D eigenvalue weighted by molar-refractivity contribution is 0.163. The number of nitrogens with two attached hydrogens (primary N) is 1. The van der Waals surface area contributed by atoms with E-state index in [0.717, 1.165) is 12.3 Å². The Balaban J connectivity index is 4.23. The van der Waals surface area contributed by atoms with Crippen LogP contribution in [0.25, 0.3) is 0 Å². The Labute approximate surface area is 94.5 Å². The number of hydrogen-bond acceptors (Lipinski definition) is 2. The smallest absolute Gasteiger partial charge is 0.0921 e. The molecule has 0 saturated heterocycles. The minimum absolute atomic E-state index is 0.297. The van der Waals surface area contributed by atoms with Crippen molar-refractivity contribution in [1.29, 1.82) is 5.41 Å². The summed E-state index contributed by atoms with van der Waals surface area (Å²) in [6.07, 6.45) is 2.94. The predicted octanol–water partition coefficient (Wildman–Crippen LogP) is 2.46. The summed E-state index contributed by atoms with van der Waals surface area (Å²) in [4.78, 5) is 2.36. The molecule has 0 saturated carbocycles. The molecule has 0 aliphatic rings. The normalized spacial score (nSPS) is 15.7. The maximum absolute atomic E-state index is 7.36. The van der Waals surface area contributed by atoms with E-state index in [1.807, 2.05) is 0 Å². The van der Waals surface area contributed by atoms with E-state index < -0.39 is 0 Å². The highest BCUT2D eigenvalue weighted by Crippen LogP contribution is 2.15. The van der Waals surface area contributed by atoms with Gasteiger partial charge in [-0.05, 0) is 32.7 Å². The summed E-state index contributed by atoms with van der Waals surface area (Å²) in [6, 6.07) is 0.977. The van der Waals surface area contributed by atoms with Crippen LogP contribution in [-0.2, 0) is 0 Å². The molecule has 0 fully saturated rings. The molecule has 0 heterocycles. The van der Waals surface area contributed by atoms with Crippen molar-refractivity contribution in [2.45, 2.75) is 59.0 Å². The van der Waals surface area contributed by atoms with Crippen LogP contribution in [0.5, 0.6) is 0 Å². The monoisotopic (exact) mass is 213 g/mol. The minimum atomic E-state index is 0.297. The fourth-order valence-corrected chi connectivity index (χ4v) is 2.04. The second-order valence-corrected chi connectivity index (χ2v) is 4.94. The lowest BCUT2D eigenvalue weighted by Gasteiger charge is -2.33. The molecule has 0 aliphatic carbocycles. The third-order valence-electron chi connectivity index (χ3n) is 3.01. The van der Waals surface area contributed by atoms with Gasteiger partial charge in [-0.1, -0.05) is 20.8 Å². The summed E-state index contributed by atoms with van der Waals surface area (Å²) in [5, 5.41) is 7.36. The van der Waals surface area contributed by atoms with Gasteiger partial charge in [0.2, 0.25) is 0 Å². The van der Waals surface area contributed by atoms with Crippen molar-refractivity contribution >= 4 is 5.84 Å². The third-order valence-corrected chi connectivity index (χ3v) is 3.01. The zero-order valence-electron chi connectivity index (χ0n) is 10.9.